The fraction of sp³-hybridized carbons (Fsp3) is 0.632. The first-order valence-electron chi connectivity index (χ1n) is 8.51. The van der Waals surface area contributed by atoms with Gasteiger partial charge in [0.25, 0.3) is 0 Å². The van der Waals surface area contributed by atoms with Crippen molar-refractivity contribution in [2.24, 2.45) is 11.8 Å². The van der Waals surface area contributed by atoms with Gasteiger partial charge >= 0.3 is 6.09 Å². The number of hydrogen-bond donors (Lipinski definition) is 1. The molecule has 4 heteroatoms. The van der Waals surface area contributed by atoms with Crippen molar-refractivity contribution in [2.45, 2.75) is 52.8 Å². The largest absolute Gasteiger partial charge is 0.444 e. The molecule has 0 aromatic heterocycles. The van der Waals surface area contributed by atoms with Gasteiger partial charge in [0.1, 0.15) is 5.60 Å². The molecule has 1 aliphatic heterocycles. The summed E-state index contributed by atoms with van der Waals surface area (Å²) in [6.45, 7) is 12.6. The maximum absolute atomic E-state index is 12.1. The third-order valence-corrected chi connectivity index (χ3v) is 4.67. The molecule has 1 aromatic carbocycles. The number of ether oxygens (including phenoxy) is 1. The van der Waals surface area contributed by atoms with Crippen LogP contribution in [-0.2, 0) is 11.3 Å². The first kappa shape index (κ1) is 16.3. The van der Waals surface area contributed by atoms with Crippen molar-refractivity contribution in [3.05, 3.63) is 34.9 Å². The summed E-state index contributed by atoms with van der Waals surface area (Å²) < 4.78 is 5.45. The Hall–Kier alpha value is -1.55. The van der Waals surface area contributed by atoms with Crippen LogP contribution in [0.3, 0.4) is 0 Å². The van der Waals surface area contributed by atoms with E-state index in [4.69, 9.17) is 4.74 Å². The third kappa shape index (κ3) is 3.86. The molecule has 0 spiro atoms. The van der Waals surface area contributed by atoms with Crippen molar-refractivity contribution in [2.75, 3.05) is 13.1 Å². The lowest BCUT2D eigenvalue weighted by molar-refractivity contribution is 0.0269. The summed E-state index contributed by atoms with van der Waals surface area (Å²) in [6.07, 6.45) is -0.169. The van der Waals surface area contributed by atoms with Crippen LogP contribution in [0, 0.1) is 25.7 Å². The van der Waals surface area contributed by atoms with Gasteiger partial charge < -0.3 is 15.0 Å². The second kappa shape index (κ2) is 5.82. The maximum atomic E-state index is 12.1. The molecule has 0 radical (unpaired) electrons. The van der Waals surface area contributed by atoms with Crippen molar-refractivity contribution in [3.63, 3.8) is 0 Å². The van der Waals surface area contributed by atoms with Gasteiger partial charge in [-0.3, -0.25) is 0 Å². The molecule has 23 heavy (non-hydrogen) atoms. The van der Waals surface area contributed by atoms with E-state index < -0.39 is 5.60 Å². The quantitative estimate of drug-likeness (QED) is 0.930. The molecule has 3 rings (SSSR count). The maximum Gasteiger partial charge on any atom is 0.410 e. The summed E-state index contributed by atoms with van der Waals surface area (Å²) in [5.74, 6) is 1.18. The summed E-state index contributed by atoms with van der Waals surface area (Å²) >= 11 is 0. The Labute approximate surface area is 139 Å². The van der Waals surface area contributed by atoms with Crippen LogP contribution in [0.2, 0.25) is 0 Å². The summed E-state index contributed by atoms with van der Waals surface area (Å²) in [7, 11) is 0. The Kier molecular flexibility index (Phi) is 4.13. The summed E-state index contributed by atoms with van der Waals surface area (Å²) in [4.78, 5) is 13.9. The molecule has 4 nitrogen and oxygen atoms in total. The van der Waals surface area contributed by atoms with E-state index in [1.54, 1.807) is 0 Å². The van der Waals surface area contributed by atoms with Gasteiger partial charge in [0.05, 0.1) is 0 Å². The molecule has 1 saturated carbocycles. The Morgan fingerprint density at radius 3 is 2.26 bits per heavy atom. The second-order valence-corrected chi connectivity index (χ2v) is 8.12. The zero-order valence-corrected chi connectivity index (χ0v) is 14.8. The smallest absolute Gasteiger partial charge is 0.410 e. The molecule has 1 saturated heterocycles. The SMILES string of the molecule is Cc1cc(C)cc(CNC2C3CN(C(=O)OC(C)(C)C)CC32)c1. The number of likely N-dealkylation sites (tertiary alicyclic amines) is 1. The predicted molar refractivity (Wildman–Crippen MR) is 91.3 cm³/mol. The van der Waals surface area contributed by atoms with Crippen LogP contribution < -0.4 is 5.32 Å². The van der Waals surface area contributed by atoms with Crippen molar-refractivity contribution in [1.29, 1.82) is 0 Å². The fourth-order valence-electron chi connectivity index (χ4n) is 3.71. The highest BCUT2D eigenvalue weighted by atomic mass is 16.6. The Morgan fingerprint density at radius 2 is 1.74 bits per heavy atom. The topological polar surface area (TPSA) is 41.6 Å². The lowest BCUT2D eigenvalue weighted by atomic mass is 10.1. The molecule has 1 heterocycles. The molecule has 0 bridgehead atoms. The van der Waals surface area contributed by atoms with Gasteiger partial charge in [-0.1, -0.05) is 29.3 Å². The van der Waals surface area contributed by atoms with Crippen molar-refractivity contribution < 1.29 is 9.53 Å². The summed E-state index contributed by atoms with van der Waals surface area (Å²) in [5.41, 5.74) is 3.56. The molecule has 1 aliphatic carbocycles. The molecule has 126 valence electrons. The number of benzene rings is 1. The minimum absolute atomic E-state index is 0.169. The average Bonchev–Trinajstić information content (AvgIpc) is 2.85. The first-order chi connectivity index (χ1) is 10.7. The van der Waals surface area contributed by atoms with Crippen LogP contribution in [0.5, 0.6) is 0 Å². The molecule has 2 atom stereocenters. The molecule has 2 fully saturated rings. The Balaban J connectivity index is 1.46. The van der Waals surface area contributed by atoms with E-state index in [1.165, 1.54) is 16.7 Å². The van der Waals surface area contributed by atoms with Gasteiger partial charge in [0, 0.05) is 25.7 Å². The minimum Gasteiger partial charge on any atom is -0.444 e. The number of nitrogens with one attached hydrogen (secondary N) is 1. The number of nitrogens with zero attached hydrogens (tertiary/aromatic N) is 1. The predicted octanol–water partition coefficient (Wildman–Crippen LogP) is 3.26. The van der Waals surface area contributed by atoms with E-state index in [1.807, 2.05) is 25.7 Å². The molecule has 2 unspecified atom stereocenters. The average molecular weight is 316 g/mol. The van der Waals surface area contributed by atoms with Gasteiger partial charge in [0.2, 0.25) is 0 Å². The van der Waals surface area contributed by atoms with Crippen molar-refractivity contribution >= 4 is 6.09 Å². The third-order valence-electron chi connectivity index (χ3n) is 4.67. The van der Waals surface area contributed by atoms with Crippen molar-refractivity contribution in [1.82, 2.24) is 10.2 Å². The molecule has 1 N–H and O–H groups in total. The van der Waals surface area contributed by atoms with Crippen LogP contribution in [0.1, 0.15) is 37.5 Å². The van der Waals surface area contributed by atoms with E-state index in [0.717, 1.165) is 19.6 Å². The van der Waals surface area contributed by atoms with E-state index >= 15 is 0 Å². The van der Waals surface area contributed by atoms with Gasteiger partial charge in [-0.25, -0.2) is 4.79 Å². The molecule has 1 amide bonds. The zero-order chi connectivity index (χ0) is 16.8. The molecular formula is C19H28N2O2. The molecular weight excluding hydrogens is 288 g/mol. The number of carbonyl (C=O) groups excluding carboxylic acids is 1. The van der Waals surface area contributed by atoms with E-state index in [0.29, 0.717) is 17.9 Å². The van der Waals surface area contributed by atoms with Gasteiger partial charge in [-0.15, -0.1) is 0 Å². The fourth-order valence-corrected chi connectivity index (χ4v) is 3.71. The van der Waals surface area contributed by atoms with Crippen LogP contribution in [0.4, 0.5) is 4.79 Å². The summed E-state index contributed by atoms with van der Waals surface area (Å²) in [6, 6.07) is 7.24. The van der Waals surface area contributed by atoms with Crippen LogP contribution in [-0.4, -0.2) is 35.7 Å². The van der Waals surface area contributed by atoms with Crippen LogP contribution in [0.15, 0.2) is 18.2 Å². The number of aryl methyl sites for hydroxylation is 2. The first-order valence-corrected chi connectivity index (χ1v) is 8.51. The number of amides is 1. The van der Waals surface area contributed by atoms with Gasteiger partial charge in [0.15, 0.2) is 0 Å². The standard InChI is InChI=1S/C19H28N2O2/c1-12-6-13(2)8-14(7-12)9-20-17-15-10-21(11-16(15)17)18(22)23-19(3,4)5/h6-8,15-17,20H,9-11H2,1-5H3. The molecule has 1 aromatic rings. The van der Waals surface area contributed by atoms with Gasteiger partial charge in [-0.2, -0.15) is 0 Å². The highest BCUT2D eigenvalue weighted by Gasteiger charge is 2.56. The van der Waals surface area contributed by atoms with Crippen LogP contribution >= 0.6 is 0 Å². The summed E-state index contributed by atoms with van der Waals surface area (Å²) in [5, 5.41) is 3.66. The highest BCUT2D eigenvalue weighted by molar-refractivity contribution is 5.69. The number of rotatable bonds is 3. The number of fused-ring (bicyclic) bond motifs is 1. The van der Waals surface area contributed by atoms with E-state index in [9.17, 15) is 4.79 Å². The number of carbonyl (C=O) groups is 1. The van der Waals surface area contributed by atoms with E-state index in [2.05, 4.69) is 37.4 Å². The Bertz CT molecular complexity index is 574. The lowest BCUT2D eigenvalue weighted by Gasteiger charge is -2.26. The zero-order valence-electron chi connectivity index (χ0n) is 14.8. The number of piperidine rings is 1. The highest BCUT2D eigenvalue weighted by Crippen LogP contribution is 2.45. The minimum atomic E-state index is -0.412. The number of hydrogen-bond acceptors (Lipinski definition) is 3. The van der Waals surface area contributed by atoms with Gasteiger partial charge in [-0.05, 0) is 52.0 Å². The normalized spacial score (nSPS) is 26.1. The Morgan fingerprint density at radius 1 is 1.17 bits per heavy atom. The van der Waals surface area contributed by atoms with Crippen molar-refractivity contribution in [3.8, 4) is 0 Å². The lowest BCUT2D eigenvalue weighted by Crippen LogP contribution is -2.39. The van der Waals surface area contributed by atoms with Crippen LogP contribution in [0.25, 0.3) is 0 Å². The molecule has 2 aliphatic rings. The second-order valence-electron chi connectivity index (χ2n) is 8.12. The monoisotopic (exact) mass is 316 g/mol. The van der Waals surface area contributed by atoms with E-state index in [-0.39, 0.29) is 6.09 Å².